The second-order valence-corrected chi connectivity index (χ2v) is 14.4. The van der Waals surface area contributed by atoms with E-state index in [0.717, 1.165) is 63.7 Å². The smallest absolute Gasteiger partial charge is 0.293 e. The Labute approximate surface area is 282 Å². The Kier molecular flexibility index (Phi) is 9.79. The molecule has 1 amide bonds. The van der Waals surface area contributed by atoms with Crippen LogP contribution in [0.1, 0.15) is 49.0 Å². The summed E-state index contributed by atoms with van der Waals surface area (Å²) in [6.07, 6.45) is 2.83. The maximum absolute atomic E-state index is 13.2. The van der Waals surface area contributed by atoms with Gasteiger partial charge in [-0.1, -0.05) is 54.6 Å². The van der Waals surface area contributed by atoms with Gasteiger partial charge in [0.15, 0.2) is 0 Å². The summed E-state index contributed by atoms with van der Waals surface area (Å²) in [5, 5.41) is 12.0. The number of nitrogens with zero attached hydrogens (tertiary/aromatic N) is 4. The monoisotopic (exact) mass is 667 g/mol. The molecule has 2 fully saturated rings. The van der Waals surface area contributed by atoms with E-state index >= 15 is 0 Å². The minimum absolute atomic E-state index is 0.0869. The van der Waals surface area contributed by atoms with Crippen LogP contribution in [0.5, 0.6) is 0 Å². The normalized spacial score (nSPS) is 18.8. The molecule has 0 aliphatic carbocycles. The van der Waals surface area contributed by atoms with Gasteiger partial charge >= 0.3 is 0 Å². The second kappa shape index (κ2) is 14.2. The van der Waals surface area contributed by atoms with Crippen LogP contribution in [-0.2, 0) is 16.6 Å². The van der Waals surface area contributed by atoms with Crippen LogP contribution in [-0.4, -0.2) is 62.4 Å². The fraction of sp³-hybridized carbons (Fsp3) is 0.324. The van der Waals surface area contributed by atoms with E-state index in [1.165, 1.54) is 28.8 Å². The molecular weight excluding hydrogens is 627 g/mol. The molecule has 2 saturated heterocycles. The fourth-order valence-corrected chi connectivity index (χ4v) is 7.95. The first-order valence-electron chi connectivity index (χ1n) is 16.5. The maximum atomic E-state index is 13.2. The van der Waals surface area contributed by atoms with Gasteiger partial charge in [-0.05, 0) is 86.2 Å². The van der Waals surface area contributed by atoms with Crippen LogP contribution in [0.3, 0.4) is 0 Å². The van der Waals surface area contributed by atoms with Crippen LogP contribution >= 0.6 is 0 Å². The van der Waals surface area contributed by atoms with Gasteiger partial charge in [0.1, 0.15) is 5.69 Å². The van der Waals surface area contributed by atoms with Gasteiger partial charge in [-0.3, -0.25) is 19.8 Å². The molecule has 1 N–H and O–H groups in total. The number of nitrogens with one attached hydrogen (secondary N) is 1. The number of sulfonamides is 1. The number of hydrogen-bond donors (Lipinski definition) is 1. The van der Waals surface area contributed by atoms with Gasteiger partial charge in [0.05, 0.1) is 9.82 Å². The highest BCUT2D eigenvalue weighted by molar-refractivity contribution is 7.90. The predicted molar refractivity (Wildman–Crippen MR) is 189 cm³/mol. The van der Waals surface area contributed by atoms with E-state index < -0.39 is 20.9 Å². The van der Waals surface area contributed by atoms with E-state index in [9.17, 15) is 23.3 Å². The first-order valence-corrected chi connectivity index (χ1v) is 17.9. The number of benzene rings is 4. The highest BCUT2D eigenvalue weighted by Gasteiger charge is 2.32. The van der Waals surface area contributed by atoms with Crippen molar-refractivity contribution < 1.29 is 18.1 Å². The molecule has 2 unspecified atom stereocenters. The summed E-state index contributed by atoms with van der Waals surface area (Å²) < 4.78 is 28.5. The molecule has 2 aliphatic heterocycles. The quantitative estimate of drug-likeness (QED) is 0.160. The summed E-state index contributed by atoms with van der Waals surface area (Å²) in [5.41, 5.74) is 4.97. The van der Waals surface area contributed by atoms with Gasteiger partial charge in [-0.25, -0.2) is 13.1 Å². The number of nitro groups is 1. The van der Waals surface area contributed by atoms with Gasteiger partial charge in [0, 0.05) is 62.1 Å². The van der Waals surface area contributed by atoms with E-state index in [1.807, 2.05) is 36.9 Å². The SMILES string of the molecule is CC1CCCC(C)N1c1ccc(S(=O)(=O)NC(=O)c2ccc(N3CCN(Cc4ccccc4-c4ccccc4)CC3)cc2)cc1[N+](=O)[O-]. The van der Waals surface area contributed by atoms with Crippen molar-refractivity contribution in [2.45, 2.75) is 56.6 Å². The average molecular weight is 668 g/mol. The fourth-order valence-electron chi connectivity index (χ4n) is 6.96. The molecule has 0 radical (unpaired) electrons. The number of hydrogen-bond acceptors (Lipinski definition) is 8. The van der Waals surface area contributed by atoms with Gasteiger partial charge in [0.2, 0.25) is 0 Å². The van der Waals surface area contributed by atoms with Crippen molar-refractivity contribution in [1.29, 1.82) is 0 Å². The molecule has 0 aromatic heterocycles. The summed E-state index contributed by atoms with van der Waals surface area (Å²) in [7, 11) is -4.36. The molecule has 250 valence electrons. The van der Waals surface area contributed by atoms with Gasteiger partial charge in [0.25, 0.3) is 21.6 Å². The zero-order chi connectivity index (χ0) is 33.8. The Morgan fingerprint density at radius 3 is 2.17 bits per heavy atom. The largest absolute Gasteiger partial charge is 0.369 e. The van der Waals surface area contributed by atoms with E-state index in [4.69, 9.17) is 0 Å². The minimum atomic E-state index is -4.36. The number of rotatable bonds is 9. The lowest BCUT2D eigenvalue weighted by Gasteiger charge is -2.40. The standard InChI is InChI=1S/C37H41N5O5S/c1-27-9-8-10-28(2)41(27)35-20-19-33(25-36(35)42(44)45)48(46,47)38-37(43)30-15-17-32(18-16-30)40-23-21-39(22-24-40)26-31-13-6-7-14-34(31)29-11-4-3-5-12-29/h3-7,11-20,25,27-28H,8-10,21-24,26H2,1-2H3,(H,38,43). The number of amides is 1. The molecule has 6 rings (SSSR count). The number of piperidine rings is 1. The van der Waals surface area contributed by atoms with E-state index in [0.29, 0.717) is 5.69 Å². The first-order chi connectivity index (χ1) is 23.1. The van der Waals surface area contributed by atoms with Gasteiger partial charge < -0.3 is 9.80 Å². The molecule has 4 aromatic carbocycles. The van der Waals surface area contributed by atoms with Crippen LogP contribution in [0.15, 0.2) is 102 Å². The van der Waals surface area contributed by atoms with Crippen LogP contribution in [0.25, 0.3) is 11.1 Å². The van der Waals surface area contributed by atoms with Crippen molar-refractivity contribution in [3.8, 4) is 11.1 Å². The van der Waals surface area contributed by atoms with Crippen molar-refractivity contribution >= 4 is 33.0 Å². The van der Waals surface area contributed by atoms with Crippen molar-refractivity contribution in [2.75, 3.05) is 36.0 Å². The lowest BCUT2D eigenvalue weighted by atomic mass is 9.96. The molecule has 2 heterocycles. The summed E-state index contributed by atoms with van der Waals surface area (Å²) in [5.74, 6) is -0.798. The number of nitro benzene ring substituents is 1. The first kappa shape index (κ1) is 33.2. The maximum Gasteiger partial charge on any atom is 0.293 e. The number of carbonyl (C=O) groups excluding carboxylic acids is 1. The molecule has 0 saturated carbocycles. The minimum Gasteiger partial charge on any atom is -0.369 e. The van der Waals surface area contributed by atoms with Crippen LogP contribution < -0.4 is 14.5 Å². The Morgan fingerprint density at radius 1 is 0.854 bits per heavy atom. The molecule has 2 aliphatic rings. The summed E-state index contributed by atoms with van der Waals surface area (Å²) in [4.78, 5) is 30.8. The van der Waals surface area contributed by atoms with Crippen molar-refractivity contribution in [2.24, 2.45) is 0 Å². The third-order valence-corrected chi connectivity index (χ3v) is 10.8. The molecule has 0 bridgehead atoms. The lowest BCUT2D eigenvalue weighted by molar-refractivity contribution is -0.384. The van der Waals surface area contributed by atoms with Crippen molar-refractivity contribution in [3.05, 3.63) is 118 Å². The molecule has 0 spiro atoms. The average Bonchev–Trinajstić information content (AvgIpc) is 3.09. The summed E-state index contributed by atoms with van der Waals surface area (Å²) in [6.45, 7) is 8.28. The van der Waals surface area contributed by atoms with E-state index in [-0.39, 0.29) is 28.2 Å². The van der Waals surface area contributed by atoms with Crippen LogP contribution in [0.2, 0.25) is 0 Å². The van der Waals surface area contributed by atoms with Gasteiger partial charge in [-0.15, -0.1) is 0 Å². The number of piperazine rings is 1. The highest BCUT2D eigenvalue weighted by Crippen LogP contribution is 2.37. The zero-order valence-electron chi connectivity index (χ0n) is 27.3. The second-order valence-electron chi connectivity index (χ2n) is 12.7. The van der Waals surface area contributed by atoms with E-state index in [1.54, 1.807) is 12.1 Å². The van der Waals surface area contributed by atoms with Crippen molar-refractivity contribution in [1.82, 2.24) is 9.62 Å². The number of carbonyl (C=O) groups is 1. The molecule has 48 heavy (non-hydrogen) atoms. The Hall–Kier alpha value is -4.74. The lowest BCUT2D eigenvalue weighted by Crippen LogP contribution is -2.46. The Balaban J connectivity index is 1.08. The highest BCUT2D eigenvalue weighted by atomic mass is 32.2. The topological polar surface area (TPSA) is 116 Å². The molecular formula is C37H41N5O5S. The summed E-state index contributed by atoms with van der Waals surface area (Å²) >= 11 is 0. The third kappa shape index (κ3) is 7.22. The molecule has 4 aromatic rings. The van der Waals surface area contributed by atoms with Gasteiger partial charge in [-0.2, -0.15) is 0 Å². The number of anilines is 2. The molecule has 10 nitrogen and oxygen atoms in total. The van der Waals surface area contributed by atoms with Crippen LogP contribution in [0, 0.1) is 10.1 Å². The molecule has 11 heteroatoms. The Morgan fingerprint density at radius 2 is 1.50 bits per heavy atom. The third-order valence-electron chi connectivity index (χ3n) is 9.52. The molecule has 2 atom stereocenters. The van der Waals surface area contributed by atoms with Crippen molar-refractivity contribution in [3.63, 3.8) is 0 Å². The Bertz CT molecular complexity index is 1870. The van der Waals surface area contributed by atoms with E-state index in [2.05, 4.69) is 63.1 Å². The zero-order valence-corrected chi connectivity index (χ0v) is 28.1. The summed E-state index contributed by atoms with van der Waals surface area (Å²) in [6, 6.07) is 29.8. The van der Waals surface area contributed by atoms with Crippen LogP contribution in [0.4, 0.5) is 17.1 Å². The predicted octanol–water partition coefficient (Wildman–Crippen LogP) is 6.47.